The second-order valence-electron chi connectivity index (χ2n) is 5.24. The predicted molar refractivity (Wildman–Crippen MR) is 68.3 cm³/mol. The molecule has 2 heteroatoms. The molecule has 0 radical (unpaired) electrons. The van der Waals surface area contributed by atoms with Gasteiger partial charge in [-0.2, -0.15) is 0 Å². The summed E-state index contributed by atoms with van der Waals surface area (Å²) in [6, 6.07) is 10.5. The summed E-state index contributed by atoms with van der Waals surface area (Å²) < 4.78 is 0. The Labute approximate surface area is 98.4 Å². The maximum atomic E-state index is 6.41. The Morgan fingerprint density at radius 1 is 1.12 bits per heavy atom. The molecule has 2 N–H and O–H groups in total. The van der Waals surface area contributed by atoms with Crippen molar-refractivity contribution in [3.63, 3.8) is 0 Å². The van der Waals surface area contributed by atoms with Crippen molar-refractivity contribution in [2.75, 3.05) is 13.1 Å². The quantitative estimate of drug-likeness (QED) is 0.845. The van der Waals surface area contributed by atoms with Gasteiger partial charge in [0, 0.05) is 11.6 Å². The van der Waals surface area contributed by atoms with E-state index >= 15 is 0 Å². The van der Waals surface area contributed by atoms with Crippen LogP contribution < -0.4 is 5.73 Å². The van der Waals surface area contributed by atoms with Gasteiger partial charge in [0.1, 0.15) is 0 Å². The highest BCUT2D eigenvalue weighted by Gasteiger charge is 2.35. The van der Waals surface area contributed by atoms with Gasteiger partial charge in [0.2, 0.25) is 0 Å². The normalized spacial score (nSPS) is 19.9. The minimum absolute atomic E-state index is 0.0534. The van der Waals surface area contributed by atoms with E-state index in [1.807, 2.05) is 6.07 Å². The lowest BCUT2D eigenvalue weighted by atomic mass is 9.88. The van der Waals surface area contributed by atoms with Crippen LogP contribution in [0.15, 0.2) is 30.3 Å². The minimum Gasteiger partial charge on any atom is -0.322 e. The fraction of sp³-hybridized carbons (Fsp3) is 0.571. The van der Waals surface area contributed by atoms with Crippen LogP contribution in [0, 0.1) is 0 Å². The van der Waals surface area contributed by atoms with Crippen LogP contribution in [0.25, 0.3) is 0 Å². The Morgan fingerprint density at radius 3 is 2.25 bits per heavy atom. The average molecular weight is 218 g/mol. The lowest BCUT2D eigenvalue weighted by Gasteiger charge is -2.40. The third-order valence-corrected chi connectivity index (χ3v) is 3.84. The molecular weight excluding hydrogens is 196 g/mol. The first-order valence-electron chi connectivity index (χ1n) is 6.18. The molecule has 1 aromatic rings. The van der Waals surface area contributed by atoms with Gasteiger partial charge < -0.3 is 5.73 Å². The maximum absolute atomic E-state index is 6.41. The number of rotatable bonds is 3. The summed E-state index contributed by atoms with van der Waals surface area (Å²) in [7, 11) is 0. The zero-order chi connectivity index (χ0) is 11.6. The molecule has 88 valence electrons. The van der Waals surface area contributed by atoms with Crippen molar-refractivity contribution >= 4 is 0 Å². The highest BCUT2D eigenvalue weighted by molar-refractivity contribution is 5.22. The minimum atomic E-state index is 0.0534. The number of benzene rings is 1. The van der Waals surface area contributed by atoms with Gasteiger partial charge >= 0.3 is 0 Å². The van der Waals surface area contributed by atoms with E-state index in [-0.39, 0.29) is 11.6 Å². The van der Waals surface area contributed by atoms with Crippen LogP contribution in [-0.2, 0) is 0 Å². The third-order valence-electron chi connectivity index (χ3n) is 3.84. The SMILES string of the molecule is CC(C)(C(N)c1ccccc1)N1CCCC1. The molecular formula is C14H22N2. The summed E-state index contributed by atoms with van der Waals surface area (Å²) >= 11 is 0. The van der Waals surface area contributed by atoms with Gasteiger partial charge in [-0.25, -0.2) is 0 Å². The van der Waals surface area contributed by atoms with Crippen molar-refractivity contribution < 1.29 is 0 Å². The molecule has 1 saturated heterocycles. The molecule has 0 aromatic heterocycles. The standard InChI is InChI=1S/C14H22N2/c1-14(2,16-10-6-7-11-16)13(15)12-8-4-3-5-9-12/h3-5,8-9,13H,6-7,10-11,15H2,1-2H3. The first-order chi connectivity index (χ1) is 7.62. The second kappa shape index (κ2) is 4.56. The van der Waals surface area contributed by atoms with Gasteiger partial charge in [-0.3, -0.25) is 4.90 Å². The monoisotopic (exact) mass is 218 g/mol. The smallest absolute Gasteiger partial charge is 0.0476 e. The van der Waals surface area contributed by atoms with Gasteiger partial charge in [-0.15, -0.1) is 0 Å². The summed E-state index contributed by atoms with van der Waals surface area (Å²) in [6.07, 6.45) is 2.62. The molecule has 1 atom stereocenters. The fourth-order valence-electron chi connectivity index (χ4n) is 2.56. The van der Waals surface area contributed by atoms with E-state index in [0.717, 1.165) is 0 Å². The van der Waals surface area contributed by atoms with Crippen molar-refractivity contribution in [3.05, 3.63) is 35.9 Å². The third kappa shape index (κ3) is 2.13. The van der Waals surface area contributed by atoms with Crippen LogP contribution in [-0.4, -0.2) is 23.5 Å². The fourth-order valence-corrected chi connectivity index (χ4v) is 2.56. The van der Waals surface area contributed by atoms with Gasteiger partial charge in [0.05, 0.1) is 0 Å². The average Bonchev–Trinajstić information content (AvgIpc) is 2.83. The van der Waals surface area contributed by atoms with E-state index in [4.69, 9.17) is 5.73 Å². The summed E-state index contributed by atoms with van der Waals surface area (Å²) in [5, 5.41) is 0. The van der Waals surface area contributed by atoms with Crippen LogP contribution in [0.2, 0.25) is 0 Å². The topological polar surface area (TPSA) is 29.3 Å². The molecule has 1 heterocycles. The van der Waals surface area contributed by atoms with E-state index in [0.29, 0.717) is 0 Å². The Balaban J connectivity index is 2.16. The molecule has 0 amide bonds. The van der Waals surface area contributed by atoms with E-state index in [1.54, 1.807) is 0 Å². The van der Waals surface area contributed by atoms with Crippen LogP contribution in [0.5, 0.6) is 0 Å². The first kappa shape index (κ1) is 11.6. The number of nitrogens with zero attached hydrogens (tertiary/aromatic N) is 1. The van der Waals surface area contributed by atoms with Crippen LogP contribution in [0.1, 0.15) is 38.3 Å². The van der Waals surface area contributed by atoms with Crippen LogP contribution >= 0.6 is 0 Å². The molecule has 1 aliphatic rings. The van der Waals surface area contributed by atoms with Crippen LogP contribution in [0.3, 0.4) is 0 Å². The maximum Gasteiger partial charge on any atom is 0.0476 e. The number of nitrogens with two attached hydrogens (primary N) is 1. The largest absolute Gasteiger partial charge is 0.322 e. The zero-order valence-electron chi connectivity index (χ0n) is 10.3. The van der Waals surface area contributed by atoms with E-state index in [2.05, 4.69) is 43.0 Å². The lowest BCUT2D eigenvalue weighted by molar-refractivity contribution is 0.124. The van der Waals surface area contributed by atoms with Crippen molar-refractivity contribution in [2.24, 2.45) is 5.73 Å². The molecule has 0 spiro atoms. The van der Waals surface area contributed by atoms with Gasteiger partial charge in [0.25, 0.3) is 0 Å². The molecule has 2 nitrogen and oxygen atoms in total. The second-order valence-corrected chi connectivity index (χ2v) is 5.24. The molecule has 1 fully saturated rings. The highest BCUT2D eigenvalue weighted by atomic mass is 15.2. The molecule has 0 saturated carbocycles. The van der Waals surface area contributed by atoms with Gasteiger partial charge in [0.15, 0.2) is 0 Å². The predicted octanol–water partition coefficient (Wildman–Crippen LogP) is 2.56. The van der Waals surface area contributed by atoms with Crippen molar-refractivity contribution in [1.29, 1.82) is 0 Å². The Kier molecular flexibility index (Phi) is 3.31. The summed E-state index contributed by atoms with van der Waals surface area (Å²) in [4.78, 5) is 2.52. The molecule has 1 aliphatic heterocycles. The lowest BCUT2D eigenvalue weighted by Crippen LogP contribution is -2.49. The molecule has 16 heavy (non-hydrogen) atoms. The summed E-state index contributed by atoms with van der Waals surface area (Å²) in [6.45, 7) is 6.90. The van der Waals surface area contributed by atoms with Gasteiger partial charge in [-0.1, -0.05) is 30.3 Å². The number of hydrogen-bond acceptors (Lipinski definition) is 2. The summed E-state index contributed by atoms with van der Waals surface area (Å²) in [5.41, 5.74) is 7.70. The number of hydrogen-bond donors (Lipinski definition) is 1. The molecule has 1 unspecified atom stereocenters. The molecule has 1 aromatic carbocycles. The zero-order valence-corrected chi connectivity index (χ0v) is 10.3. The van der Waals surface area contributed by atoms with E-state index < -0.39 is 0 Å². The molecule has 2 rings (SSSR count). The van der Waals surface area contributed by atoms with E-state index in [9.17, 15) is 0 Å². The Hall–Kier alpha value is -0.860. The van der Waals surface area contributed by atoms with Crippen LogP contribution in [0.4, 0.5) is 0 Å². The Morgan fingerprint density at radius 2 is 1.69 bits per heavy atom. The number of likely N-dealkylation sites (tertiary alicyclic amines) is 1. The summed E-state index contributed by atoms with van der Waals surface area (Å²) in [5.74, 6) is 0. The van der Waals surface area contributed by atoms with Crippen molar-refractivity contribution in [3.8, 4) is 0 Å². The first-order valence-corrected chi connectivity index (χ1v) is 6.18. The van der Waals surface area contributed by atoms with Gasteiger partial charge in [-0.05, 0) is 45.3 Å². The van der Waals surface area contributed by atoms with Crippen molar-refractivity contribution in [1.82, 2.24) is 4.90 Å². The Bertz CT molecular complexity index is 326. The molecule has 0 aliphatic carbocycles. The van der Waals surface area contributed by atoms with Crippen molar-refractivity contribution in [2.45, 2.75) is 38.3 Å². The van der Waals surface area contributed by atoms with E-state index in [1.165, 1.54) is 31.5 Å². The highest BCUT2D eigenvalue weighted by Crippen LogP contribution is 2.31. The molecule has 0 bridgehead atoms.